The standard InChI is InChI=1S/C11H11Cl2N3O/c12-5-4-10-15-11-7(13)2-1-3-8(11)16(10)6-9(14)17/h1-3H,4-6H2,(H2,14,17). The summed E-state index contributed by atoms with van der Waals surface area (Å²) in [4.78, 5) is 15.5. The quantitative estimate of drug-likeness (QED) is 0.865. The lowest BCUT2D eigenvalue weighted by molar-refractivity contribution is -0.118. The number of rotatable bonds is 4. The topological polar surface area (TPSA) is 60.9 Å². The van der Waals surface area contributed by atoms with E-state index in [1.807, 2.05) is 12.1 Å². The van der Waals surface area contributed by atoms with Crippen molar-refractivity contribution in [3.05, 3.63) is 29.0 Å². The summed E-state index contributed by atoms with van der Waals surface area (Å²) in [6.07, 6.45) is 0.569. The molecule has 0 fully saturated rings. The number of carbonyl (C=O) groups excluding carboxylic acids is 1. The van der Waals surface area contributed by atoms with E-state index in [-0.39, 0.29) is 6.54 Å². The van der Waals surface area contributed by atoms with E-state index in [9.17, 15) is 4.79 Å². The minimum atomic E-state index is -0.417. The lowest BCUT2D eigenvalue weighted by Gasteiger charge is -2.05. The van der Waals surface area contributed by atoms with Gasteiger partial charge < -0.3 is 10.3 Å². The molecule has 4 nitrogen and oxygen atoms in total. The fourth-order valence-corrected chi connectivity index (χ4v) is 2.15. The normalized spacial score (nSPS) is 10.9. The molecule has 1 aromatic carbocycles. The van der Waals surface area contributed by atoms with Crippen LogP contribution in [-0.4, -0.2) is 21.3 Å². The van der Waals surface area contributed by atoms with Crippen LogP contribution in [0.15, 0.2) is 18.2 Å². The number of imidazole rings is 1. The molecule has 2 aromatic rings. The molecule has 90 valence electrons. The summed E-state index contributed by atoms with van der Waals surface area (Å²) in [5.41, 5.74) is 6.70. The Hall–Kier alpha value is -1.26. The number of halogens is 2. The molecule has 0 saturated carbocycles. The average Bonchev–Trinajstić information content (AvgIpc) is 2.59. The Morgan fingerprint density at radius 3 is 2.88 bits per heavy atom. The van der Waals surface area contributed by atoms with Gasteiger partial charge in [0.1, 0.15) is 17.9 Å². The van der Waals surface area contributed by atoms with Gasteiger partial charge in [0.2, 0.25) is 5.91 Å². The van der Waals surface area contributed by atoms with Crippen LogP contribution in [0.25, 0.3) is 11.0 Å². The Labute approximate surface area is 108 Å². The zero-order chi connectivity index (χ0) is 12.4. The van der Waals surface area contributed by atoms with E-state index >= 15 is 0 Å². The van der Waals surface area contributed by atoms with Crippen molar-refractivity contribution in [3.8, 4) is 0 Å². The molecule has 1 aromatic heterocycles. The molecule has 0 saturated heterocycles. The second kappa shape index (κ2) is 4.94. The molecule has 0 aliphatic heterocycles. The number of primary amides is 1. The van der Waals surface area contributed by atoms with Gasteiger partial charge in [0.25, 0.3) is 0 Å². The van der Waals surface area contributed by atoms with Crippen LogP contribution in [0.4, 0.5) is 0 Å². The maximum absolute atomic E-state index is 11.1. The number of carbonyl (C=O) groups is 1. The van der Waals surface area contributed by atoms with Crippen molar-refractivity contribution in [1.82, 2.24) is 9.55 Å². The van der Waals surface area contributed by atoms with E-state index in [1.165, 1.54) is 0 Å². The minimum Gasteiger partial charge on any atom is -0.368 e. The van der Waals surface area contributed by atoms with E-state index in [0.29, 0.717) is 22.8 Å². The van der Waals surface area contributed by atoms with Gasteiger partial charge in [-0.3, -0.25) is 4.79 Å². The van der Waals surface area contributed by atoms with Crippen molar-refractivity contribution in [2.45, 2.75) is 13.0 Å². The van der Waals surface area contributed by atoms with Crippen molar-refractivity contribution in [2.24, 2.45) is 5.73 Å². The lowest BCUT2D eigenvalue weighted by Crippen LogP contribution is -2.20. The molecular formula is C11H11Cl2N3O. The van der Waals surface area contributed by atoms with Gasteiger partial charge in [-0.2, -0.15) is 0 Å². The minimum absolute atomic E-state index is 0.0864. The highest BCUT2D eigenvalue weighted by Gasteiger charge is 2.13. The number of nitrogens with two attached hydrogens (primary N) is 1. The second-order valence-corrected chi connectivity index (χ2v) is 4.41. The highest BCUT2D eigenvalue weighted by Crippen LogP contribution is 2.24. The molecule has 0 unspecified atom stereocenters. The van der Waals surface area contributed by atoms with Gasteiger partial charge in [-0.25, -0.2) is 4.98 Å². The third-order valence-electron chi connectivity index (χ3n) is 2.44. The predicted molar refractivity (Wildman–Crippen MR) is 68.4 cm³/mol. The number of alkyl halides is 1. The molecule has 0 aliphatic rings. The molecule has 2 N–H and O–H groups in total. The fraction of sp³-hybridized carbons (Fsp3) is 0.273. The molecule has 0 spiro atoms. The highest BCUT2D eigenvalue weighted by atomic mass is 35.5. The smallest absolute Gasteiger partial charge is 0.237 e. The summed E-state index contributed by atoms with van der Waals surface area (Å²) < 4.78 is 1.76. The first-order valence-electron chi connectivity index (χ1n) is 5.11. The molecule has 0 radical (unpaired) electrons. The van der Waals surface area contributed by atoms with Gasteiger partial charge in [0.15, 0.2) is 0 Å². The van der Waals surface area contributed by atoms with Crippen LogP contribution in [0.2, 0.25) is 5.02 Å². The Morgan fingerprint density at radius 2 is 2.24 bits per heavy atom. The first-order chi connectivity index (χ1) is 8.13. The zero-order valence-electron chi connectivity index (χ0n) is 8.99. The summed E-state index contributed by atoms with van der Waals surface area (Å²) in [5.74, 6) is 0.738. The number of hydrogen-bond acceptors (Lipinski definition) is 2. The number of aromatic nitrogens is 2. The van der Waals surface area contributed by atoms with Crippen LogP contribution in [0.1, 0.15) is 5.82 Å². The van der Waals surface area contributed by atoms with Crippen molar-refractivity contribution in [1.29, 1.82) is 0 Å². The second-order valence-electron chi connectivity index (χ2n) is 3.63. The number of aryl methyl sites for hydroxylation is 1. The maximum Gasteiger partial charge on any atom is 0.237 e. The van der Waals surface area contributed by atoms with Gasteiger partial charge in [-0.05, 0) is 12.1 Å². The van der Waals surface area contributed by atoms with Gasteiger partial charge in [0, 0.05) is 12.3 Å². The van der Waals surface area contributed by atoms with E-state index in [4.69, 9.17) is 28.9 Å². The molecule has 1 amide bonds. The molecule has 0 bridgehead atoms. The van der Waals surface area contributed by atoms with Crippen molar-refractivity contribution >= 4 is 40.1 Å². The van der Waals surface area contributed by atoms with Gasteiger partial charge in [-0.1, -0.05) is 17.7 Å². The van der Waals surface area contributed by atoms with Crippen molar-refractivity contribution < 1.29 is 4.79 Å². The summed E-state index contributed by atoms with van der Waals surface area (Å²) in [5, 5.41) is 0.557. The van der Waals surface area contributed by atoms with Gasteiger partial charge >= 0.3 is 0 Å². The first kappa shape index (κ1) is 12.2. The maximum atomic E-state index is 11.1. The fourth-order valence-electron chi connectivity index (χ4n) is 1.77. The van der Waals surface area contributed by atoms with Crippen LogP contribution in [0.3, 0.4) is 0 Å². The first-order valence-corrected chi connectivity index (χ1v) is 6.02. The summed E-state index contributed by atoms with van der Waals surface area (Å²) in [7, 11) is 0. The molecule has 0 atom stereocenters. The van der Waals surface area contributed by atoms with Crippen LogP contribution >= 0.6 is 23.2 Å². The highest BCUT2D eigenvalue weighted by molar-refractivity contribution is 6.34. The van der Waals surface area contributed by atoms with Crippen LogP contribution in [0.5, 0.6) is 0 Å². The summed E-state index contributed by atoms with van der Waals surface area (Å²) in [6, 6.07) is 5.43. The number of hydrogen-bond donors (Lipinski definition) is 1. The molecule has 6 heteroatoms. The molecule has 17 heavy (non-hydrogen) atoms. The average molecular weight is 272 g/mol. The molecular weight excluding hydrogens is 261 g/mol. The molecule has 1 heterocycles. The zero-order valence-corrected chi connectivity index (χ0v) is 10.5. The Bertz CT molecular complexity index is 565. The van der Waals surface area contributed by atoms with Gasteiger partial charge in [-0.15, -0.1) is 11.6 Å². The van der Waals surface area contributed by atoms with Crippen LogP contribution < -0.4 is 5.73 Å². The summed E-state index contributed by atoms with van der Waals surface area (Å²) >= 11 is 11.8. The van der Waals surface area contributed by atoms with E-state index in [1.54, 1.807) is 10.6 Å². The number of fused-ring (bicyclic) bond motifs is 1. The largest absolute Gasteiger partial charge is 0.368 e. The lowest BCUT2D eigenvalue weighted by atomic mass is 10.3. The predicted octanol–water partition coefficient (Wildman–Crippen LogP) is 1.96. The number of para-hydroxylation sites is 1. The number of amides is 1. The third-order valence-corrected chi connectivity index (χ3v) is 2.93. The molecule has 0 aliphatic carbocycles. The molecule has 2 rings (SSSR count). The van der Waals surface area contributed by atoms with Crippen molar-refractivity contribution in [2.75, 3.05) is 5.88 Å². The number of benzene rings is 1. The Kier molecular flexibility index (Phi) is 3.54. The monoisotopic (exact) mass is 271 g/mol. The van der Waals surface area contributed by atoms with E-state index < -0.39 is 5.91 Å². The Morgan fingerprint density at radius 1 is 1.47 bits per heavy atom. The summed E-state index contributed by atoms with van der Waals surface area (Å²) in [6.45, 7) is 0.0864. The van der Waals surface area contributed by atoms with Crippen LogP contribution in [0, 0.1) is 0 Å². The SMILES string of the molecule is NC(=O)Cn1c(CCCl)nc2c(Cl)cccc21. The van der Waals surface area contributed by atoms with Crippen molar-refractivity contribution in [3.63, 3.8) is 0 Å². The van der Waals surface area contributed by atoms with Crippen LogP contribution in [-0.2, 0) is 17.8 Å². The van der Waals surface area contributed by atoms with E-state index in [2.05, 4.69) is 4.98 Å². The third kappa shape index (κ3) is 2.37. The van der Waals surface area contributed by atoms with E-state index in [0.717, 1.165) is 11.3 Å². The Balaban J connectivity index is 2.62. The van der Waals surface area contributed by atoms with Gasteiger partial charge in [0.05, 0.1) is 10.5 Å². The number of nitrogens with zero attached hydrogens (tertiary/aromatic N) is 2.